The van der Waals surface area contributed by atoms with E-state index in [0.717, 1.165) is 18.0 Å². The van der Waals surface area contributed by atoms with Crippen molar-refractivity contribution < 1.29 is 14.7 Å². The third-order valence-corrected chi connectivity index (χ3v) is 4.04. The number of carboxylic acids is 1. The number of nitrogens with zero attached hydrogens (tertiary/aromatic N) is 3. The average Bonchev–Trinajstić information content (AvgIpc) is 2.87. The van der Waals surface area contributed by atoms with Crippen LogP contribution in [0.3, 0.4) is 0 Å². The van der Waals surface area contributed by atoms with E-state index < -0.39 is 11.9 Å². The van der Waals surface area contributed by atoms with Crippen LogP contribution in [-0.4, -0.2) is 44.6 Å². The van der Waals surface area contributed by atoms with E-state index in [1.54, 1.807) is 4.90 Å². The second-order valence-electron chi connectivity index (χ2n) is 5.07. The predicted octanol–water partition coefficient (Wildman–Crippen LogP) is 1.60. The fourth-order valence-corrected chi connectivity index (χ4v) is 3.02. The van der Waals surface area contributed by atoms with Crippen molar-refractivity contribution >= 4 is 23.4 Å². The van der Waals surface area contributed by atoms with Crippen molar-refractivity contribution in [2.24, 2.45) is 5.92 Å². The van der Waals surface area contributed by atoms with Crippen LogP contribution in [0, 0.1) is 5.92 Å². The van der Waals surface area contributed by atoms with Gasteiger partial charge in [-0.25, -0.2) is 0 Å². The zero-order chi connectivity index (χ0) is 14.0. The van der Waals surface area contributed by atoms with Crippen LogP contribution in [0.15, 0.2) is 0 Å². The molecule has 1 saturated heterocycles. The maximum absolute atomic E-state index is 12.4. The highest BCUT2D eigenvalue weighted by atomic mass is 32.1. The predicted molar refractivity (Wildman–Crippen MR) is 70.3 cm³/mol. The average molecular weight is 283 g/mol. The second kappa shape index (κ2) is 5.64. The molecule has 0 aromatic carbocycles. The fraction of sp³-hybridized carbons (Fsp3) is 0.667. The van der Waals surface area contributed by atoms with Gasteiger partial charge in [0.25, 0.3) is 5.91 Å². The standard InChI is InChI=1S/C12H17N3O3S/c1-7(2)9-10(19-14-13-9)11(16)15-5-3-4-8(6-15)12(17)18/h7-8H,3-6H2,1-2H3,(H,17,18). The molecule has 0 saturated carbocycles. The Hall–Kier alpha value is -1.50. The molecule has 0 spiro atoms. The van der Waals surface area contributed by atoms with Gasteiger partial charge in [0, 0.05) is 13.1 Å². The van der Waals surface area contributed by atoms with Crippen LogP contribution in [0.25, 0.3) is 0 Å². The molecule has 1 unspecified atom stereocenters. The topological polar surface area (TPSA) is 83.4 Å². The van der Waals surface area contributed by atoms with E-state index in [1.165, 1.54) is 0 Å². The first-order valence-corrected chi connectivity index (χ1v) is 7.12. The summed E-state index contributed by atoms with van der Waals surface area (Å²) >= 11 is 1.09. The van der Waals surface area contributed by atoms with Crippen molar-refractivity contribution in [3.05, 3.63) is 10.6 Å². The first-order valence-electron chi connectivity index (χ1n) is 6.35. The van der Waals surface area contributed by atoms with Crippen LogP contribution in [0.5, 0.6) is 0 Å². The smallest absolute Gasteiger partial charge is 0.308 e. The van der Waals surface area contributed by atoms with E-state index in [9.17, 15) is 9.59 Å². The number of amides is 1. The van der Waals surface area contributed by atoms with Crippen LogP contribution in [0.4, 0.5) is 0 Å². The summed E-state index contributed by atoms with van der Waals surface area (Å²) in [6.45, 7) is 4.81. The number of carbonyl (C=O) groups is 2. The number of piperidine rings is 1. The van der Waals surface area contributed by atoms with E-state index in [0.29, 0.717) is 23.5 Å². The van der Waals surface area contributed by atoms with Crippen molar-refractivity contribution in [2.45, 2.75) is 32.6 Å². The van der Waals surface area contributed by atoms with Crippen molar-refractivity contribution in [1.82, 2.24) is 14.5 Å². The van der Waals surface area contributed by atoms with Crippen molar-refractivity contribution in [1.29, 1.82) is 0 Å². The lowest BCUT2D eigenvalue weighted by Gasteiger charge is -2.30. The van der Waals surface area contributed by atoms with E-state index >= 15 is 0 Å². The normalized spacial score (nSPS) is 19.7. The van der Waals surface area contributed by atoms with Gasteiger partial charge in [-0.1, -0.05) is 18.3 Å². The zero-order valence-electron chi connectivity index (χ0n) is 11.0. The summed E-state index contributed by atoms with van der Waals surface area (Å²) in [4.78, 5) is 25.6. The largest absolute Gasteiger partial charge is 0.481 e. The lowest BCUT2D eigenvalue weighted by molar-refractivity contribution is -0.143. The summed E-state index contributed by atoms with van der Waals surface area (Å²) < 4.78 is 3.84. The minimum Gasteiger partial charge on any atom is -0.481 e. The SMILES string of the molecule is CC(C)c1nnsc1C(=O)N1CCCC(C(=O)O)C1. The Morgan fingerprint density at radius 3 is 2.84 bits per heavy atom. The van der Waals surface area contributed by atoms with Gasteiger partial charge in [0.2, 0.25) is 0 Å². The monoisotopic (exact) mass is 283 g/mol. The molecule has 1 aliphatic heterocycles. The lowest BCUT2D eigenvalue weighted by atomic mass is 9.98. The van der Waals surface area contributed by atoms with Crippen LogP contribution < -0.4 is 0 Å². The Kier molecular flexibility index (Phi) is 4.14. The molecule has 6 nitrogen and oxygen atoms in total. The highest BCUT2D eigenvalue weighted by Crippen LogP contribution is 2.24. The fourth-order valence-electron chi connectivity index (χ4n) is 2.23. The molecule has 0 bridgehead atoms. The molecule has 1 fully saturated rings. The van der Waals surface area contributed by atoms with E-state index in [1.807, 2.05) is 13.8 Å². The maximum Gasteiger partial charge on any atom is 0.308 e. The first kappa shape index (κ1) is 13.9. The molecule has 2 heterocycles. The van der Waals surface area contributed by atoms with Gasteiger partial charge in [-0.2, -0.15) is 0 Å². The third-order valence-electron chi connectivity index (χ3n) is 3.31. The van der Waals surface area contributed by atoms with Gasteiger partial charge in [0.05, 0.1) is 11.6 Å². The molecular weight excluding hydrogens is 266 g/mol. The molecule has 1 amide bonds. The van der Waals surface area contributed by atoms with Gasteiger partial charge in [0.15, 0.2) is 0 Å². The number of hydrogen-bond donors (Lipinski definition) is 1. The van der Waals surface area contributed by atoms with Crippen molar-refractivity contribution in [3.8, 4) is 0 Å². The molecule has 2 rings (SSSR count). The molecule has 0 radical (unpaired) electrons. The minimum absolute atomic E-state index is 0.135. The van der Waals surface area contributed by atoms with Gasteiger partial charge in [0.1, 0.15) is 4.88 Å². The highest BCUT2D eigenvalue weighted by Gasteiger charge is 2.31. The number of likely N-dealkylation sites (tertiary alicyclic amines) is 1. The van der Waals surface area contributed by atoms with E-state index in [2.05, 4.69) is 9.59 Å². The number of carboxylic acid groups (broad SMARTS) is 1. The van der Waals surface area contributed by atoms with Crippen LogP contribution in [-0.2, 0) is 4.79 Å². The van der Waals surface area contributed by atoms with E-state index in [4.69, 9.17) is 5.11 Å². The quantitative estimate of drug-likeness (QED) is 0.911. The molecule has 1 atom stereocenters. The summed E-state index contributed by atoms with van der Waals surface area (Å²) in [7, 11) is 0. The number of hydrogen-bond acceptors (Lipinski definition) is 5. The number of rotatable bonds is 3. The third kappa shape index (κ3) is 2.91. The second-order valence-corrected chi connectivity index (χ2v) is 5.82. The van der Waals surface area contributed by atoms with Gasteiger partial charge in [-0.3, -0.25) is 9.59 Å². The molecule has 1 aromatic heterocycles. The Bertz CT molecular complexity index is 486. The molecule has 1 N–H and O–H groups in total. The molecule has 19 heavy (non-hydrogen) atoms. The summed E-state index contributed by atoms with van der Waals surface area (Å²) in [6, 6.07) is 0. The Morgan fingerprint density at radius 2 is 2.21 bits per heavy atom. The Balaban J connectivity index is 2.15. The molecule has 1 aromatic rings. The van der Waals surface area contributed by atoms with Crippen LogP contribution in [0.2, 0.25) is 0 Å². The maximum atomic E-state index is 12.4. The molecular formula is C12H17N3O3S. The Labute approximate surface area is 115 Å². The molecule has 0 aliphatic carbocycles. The summed E-state index contributed by atoms with van der Waals surface area (Å²) in [5.74, 6) is -1.28. The first-order chi connectivity index (χ1) is 9.00. The van der Waals surface area contributed by atoms with Crippen LogP contribution >= 0.6 is 11.5 Å². The molecule has 104 valence electrons. The summed E-state index contributed by atoms with van der Waals surface area (Å²) in [5.41, 5.74) is 0.701. The van der Waals surface area contributed by atoms with Gasteiger partial charge in [-0.15, -0.1) is 5.10 Å². The zero-order valence-corrected chi connectivity index (χ0v) is 11.8. The summed E-state index contributed by atoms with van der Waals surface area (Å²) in [5, 5.41) is 13.0. The number of aliphatic carboxylic acids is 1. The van der Waals surface area contributed by atoms with Gasteiger partial charge < -0.3 is 10.0 Å². The number of aromatic nitrogens is 2. The molecule has 1 aliphatic rings. The van der Waals surface area contributed by atoms with Crippen molar-refractivity contribution in [3.63, 3.8) is 0 Å². The van der Waals surface area contributed by atoms with Crippen molar-refractivity contribution in [2.75, 3.05) is 13.1 Å². The highest BCUT2D eigenvalue weighted by molar-refractivity contribution is 7.08. The van der Waals surface area contributed by atoms with E-state index in [-0.39, 0.29) is 18.4 Å². The van der Waals surface area contributed by atoms with Crippen LogP contribution in [0.1, 0.15) is 48.0 Å². The summed E-state index contributed by atoms with van der Waals surface area (Å²) in [6.07, 6.45) is 1.36. The minimum atomic E-state index is -0.830. The van der Waals surface area contributed by atoms with Gasteiger partial charge in [-0.05, 0) is 30.3 Å². The number of carbonyl (C=O) groups excluding carboxylic acids is 1. The van der Waals surface area contributed by atoms with Gasteiger partial charge >= 0.3 is 5.97 Å². The lowest BCUT2D eigenvalue weighted by Crippen LogP contribution is -2.42. The Morgan fingerprint density at radius 1 is 1.47 bits per heavy atom. The molecule has 7 heteroatoms.